The maximum Gasteiger partial charge on any atom is 0.264 e. The third-order valence-electron chi connectivity index (χ3n) is 6.72. The van der Waals surface area contributed by atoms with Crippen LogP contribution in [0.1, 0.15) is 43.9 Å². The molecule has 2 amide bonds. The first kappa shape index (κ1) is 31.5. The van der Waals surface area contributed by atoms with E-state index in [0.717, 1.165) is 27.4 Å². The normalized spacial score (nSPS) is 12.9. The second-order valence-electron chi connectivity index (χ2n) is 9.92. The van der Waals surface area contributed by atoms with E-state index in [1.54, 1.807) is 19.1 Å². The molecule has 0 spiro atoms. The quantitative estimate of drug-likeness (QED) is 0.285. The number of hydrogen-bond donors (Lipinski definition) is 1. The van der Waals surface area contributed by atoms with Gasteiger partial charge < -0.3 is 10.2 Å². The molecule has 0 fully saturated rings. The third kappa shape index (κ3) is 7.77. The lowest BCUT2D eigenvalue weighted by Gasteiger charge is -2.32. The van der Waals surface area contributed by atoms with E-state index in [1.807, 2.05) is 52.0 Å². The van der Waals surface area contributed by atoms with Crippen molar-refractivity contribution in [1.29, 1.82) is 0 Å². The Morgan fingerprint density at radius 3 is 2.00 bits per heavy atom. The minimum atomic E-state index is -4.19. The highest BCUT2D eigenvalue weighted by atomic mass is 35.5. The van der Waals surface area contributed by atoms with Crippen LogP contribution in [0.4, 0.5) is 5.69 Å². The summed E-state index contributed by atoms with van der Waals surface area (Å²) in [6, 6.07) is 17.4. The third-order valence-corrected chi connectivity index (χ3v) is 9.25. The molecule has 2 unspecified atom stereocenters. The summed E-state index contributed by atoms with van der Waals surface area (Å²) >= 11 is 12.3. The number of anilines is 1. The molecule has 7 nitrogen and oxygen atoms in total. The number of benzene rings is 3. The Balaban J connectivity index is 2.04. The Kier molecular flexibility index (Phi) is 10.6. The SMILES string of the molecule is CCC(C)NC(=O)C(C)N(Cc1ccc(C)cc1)C(=O)CN(c1ccc(Cl)c(Cl)c1)S(=O)(=O)c1ccc(C)cc1. The van der Waals surface area contributed by atoms with Gasteiger partial charge in [0, 0.05) is 12.6 Å². The molecule has 2 atom stereocenters. The van der Waals surface area contributed by atoms with Crippen LogP contribution in [0.25, 0.3) is 0 Å². The monoisotopic (exact) mass is 603 g/mol. The summed E-state index contributed by atoms with van der Waals surface area (Å²) in [5, 5.41) is 3.32. The Bertz CT molecular complexity index is 1440. The van der Waals surface area contributed by atoms with Crippen molar-refractivity contribution in [2.45, 2.75) is 64.6 Å². The van der Waals surface area contributed by atoms with E-state index in [2.05, 4.69) is 5.32 Å². The minimum absolute atomic E-state index is 0.0182. The molecule has 0 aromatic heterocycles. The molecule has 3 aromatic rings. The van der Waals surface area contributed by atoms with Crippen molar-refractivity contribution in [2.24, 2.45) is 0 Å². The van der Waals surface area contributed by atoms with Crippen molar-refractivity contribution in [1.82, 2.24) is 10.2 Å². The van der Waals surface area contributed by atoms with Gasteiger partial charge in [-0.2, -0.15) is 0 Å². The molecule has 10 heteroatoms. The number of carbonyl (C=O) groups excluding carboxylic acids is 2. The van der Waals surface area contributed by atoms with Gasteiger partial charge in [-0.05, 0) is 70.0 Å². The van der Waals surface area contributed by atoms with Crippen molar-refractivity contribution in [3.63, 3.8) is 0 Å². The molecule has 0 aliphatic rings. The molecule has 214 valence electrons. The predicted molar refractivity (Wildman–Crippen MR) is 161 cm³/mol. The van der Waals surface area contributed by atoms with E-state index >= 15 is 0 Å². The zero-order chi connectivity index (χ0) is 29.6. The van der Waals surface area contributed by atoms with Gasteiger partial charge in [0.25, 0.3) is 10.0 Å². The lowest BCUT2D eigenvalue weighted by molar-refractivity contribution is -0.139. The fourth-order valence-corrected chi connectivity index (χ4v) is 5.64. The maximum absolute atomic E-state index is 14.0. The van der Waals surface area contributed by atoms with Gasteiger partial charge in [0.15, 0.2) is 0 Å². The molecule has 3 aromatic carbocycles. The highest BCUT2D eigenvalue weighted by molar-refractivity contribution is 7.92. The Hall–Kier alpha value is -3.07. The molecule has 0 radical (unpaired) electrons. The number of hydrogen-bond acceptors (Lipinski definition) is 4. The first-order valence-electron chi connectivity index (χ1n) is 13.0. The largest absolute Gasteiger partial charge is 0.352 e. The number of amides is 2. The van der Waals surface area contributed by atoms with E-state index in [-0.39, 0.29) is 39.1 Å². The molecule has 0 aliphatic heterocycles. The summed E-state index contributed by atoms with van der Waals surface area (Å²) in [6.07, 6.45) is 0.726. The number of sulfonamides is 1. The van der Waals surface area contributed by atoms with Crippen molar-refractivity contribution in [2.75, 3.05) is 10.8 Å². The summed E-state index contributed by atoms with van der Waals surface area (Å²) in [6.45, 7) is 8.86. The summed E-state index contributed by atoms with van der Waals surface area (Å²) in [4.78, 5) is 28.5. The molecule has 40 heavy (non-hydrogen) atoms. The number of nitrogens with zero attached hydrogens (tertiary/aromatic N) is 2. The van der Waals surface area contributed by atoms with Gasteiger partial charge in [-0.25, -0.2) is 8.42 Å². The minimum Gasteiger partial charge on any atom is -0.352 e. The molecule has 3 rings (SSSR count). The van der Waals surface area contributed by atoms with Gasteiger partial charge in [0.05, 0.1) is 20.6 Å². The van der Waals surface area contributed by atoms with Gasteiger partial charge in [0.2, 0.25) is 11.8 Å². The smallest absolute Gasteiger partial charge is 0.264 e. The number of aryl methyl sites for hydroxylation is 2. The molecule has 0 aliphatic carbocycles. The number of halogens is 2. The fraction of sp³-hybridized carbons (Fsp3) is 0.333. The molecular formula is C30H35Cl2N3O4S. The van der Waals surface area contributed by atoms with Crippen molar-refractivity contribution in [3.8, 4) is 0 Å². The van der Waals surface area contributed by atoms with E-state index in [9.17, 15) is 18.0 Å². The molecule has 0 heterocycles. The zero-order valence-corrected chi connectivity index (χ0v) is 25.6. The number of nitrogens with one attached hydrogen (secondary N) is 1. The van der Waals surface area contributed by atoms with E-state index in [0.29, 0.717) is 0 Å². The van der Waals surface area contributed by atoms with Crippen LogP contribution < -0.4 is 9.62 Å². The van der Waals surface area contributed by atoms with Crippen molar-refractivity contribution >= 4 is 50.7 Å². The lowest BCUT2D eigenvalue weighted by atomic mass is 10.1. The average Bonchev–Trinajstić information content (AvgIpc) is 2.92. The van der Waals surface area contributed by atoms with Crippen molar-refractivity contribution < 1.29 is 18.0 Å². The van der Waals surface area contributed by atoms with Crippen LogP contribution in [-0.4, -0.2) is 43.8 Å². The van der Waals surface area contributed by atoms with Crippen LogP contribution >= 0.6 is 23.2 Å². The van der Waals surface area contributed by atoms with Crippen LogP contribution in [0.3, 0.4) is 0 Å². The Morgan fingerprint density at radius 1 is 0.875 bits per heavy atom. The number of rotatable bonds is 11. The summed E-state index contributed by atoms with van der Waals surface area (Å²) in [5.74, 6) is -0.869. The van der Waals surface area contributed by atoms with Crippen LogP contribution in [0.5, 0.6) is 0 Å². The van der Waals surface area contributed by atoms with E-state index < -0.39 is 28.5 Å². The molecule has 0 saturated carbocycles. The summed E-state index contributed by atoms with van der Waals surface area (Å²) in [5.41, 5.74) is 2.93. The van der Waals surface area contributed by atoms with E-state index in [4.69, 9.17) is 23.2 Å². The maximum atomic E-state index is 14.0. The van der Waals surface area contributed by atoms with Gasteiger partial charge >= 0.3 is 0 Å². The van der Waals surface area contributed by atoms with Crippen LogP contribution in [0.15, 0.2) is 71.6 Å². The topological polar surface area (TPSA) is 86.8 Å². The highest BCUT2D eigenvalue weighted by Gasteiger charge is 2.33. The predicted octanol–water partition coefficient (Wildman–Crippen LogP) is 6.14. The standard InChI is InChI=1S/C30H35Cl2N3O4S/c1-6-22(4)33-30(37)23(5)34(18-24-11-7-20(2)8-12-24)29(36)19-35(25-13-16-27(31)28(32)17-25)40(38,39)26-14-9-21(3)10-15-26/h7-17,22-23H,6,18-19H2,1-5H3,(H,33,37). The Morgan fingerprint density at radius 2 is 1.45 bits per heavy atom. The van der Waals surface area contributed by atoms with Crippen LogP contribution in [0.2, 0.25) is 10.0 Å². The van der Waals surface area contributed by atoms with Gasteiger partial charge in [-0.3, -0.25) is 13.9 Å². The molecule has 0 saturated heterocycles. The van der Waals surface area contributed by atoms with Gasteiger partial charge in [-0.1, -0.05) is 77.7 Å². The molecule has 0 bridgehead atoms. The average molecular weight is 605 g/mol. The molecular weight excluding hydrogens is 569 g/mol. The van der Waals surface area contributed by atoms with Crippen molar-refractivity contribution in [3.05, 3.63) is 93.5 Å². The first-order chi connectivity index (χ1) is 18.8. The summed E-state index contributed by atoms with van der Waals surface area (Å²) < 4.78 is 28.8. The second-order valence-corrected chi connectivity index (χ2v) is 12.6. The van der Waals surface area contributed by atoms with Gasteiger partial charge in [-0.15, -0.1) is 0 Å². The number of carbonyl (C=O) groups is 2. The summed E-state index contributed by atoms with van der Waals surface area (Å²) in [7, 11) is -4.19. The van der Waals surface area contributed by atoms with Gasteiger partial charge in [0.1, 0.15) is 12.6 Å². The zero-order valence-electron chi connectivity index (χ0n) is 23.3. The lowest BCUT2D eigenvalue weighted by Crippen LogP contribution is -2.52. The first-order valence-corrected chi connectivity index (χ1v) is 15.2. The highest BCUT2D eigenvalue weighted by Crippen LogP contribution is 2.31. The van der Waals surface area contributed by atoms with E-state index in [1.165, 1.54) is 35.2 Å². The van der Waals surface area contributed by atoms with Crippen LogP contribution in [0, 0.1) is 13.8 Å². The molecule has 1 N–H and O–H groups in total. The second kappa shape index (κ2) is 13.5. The Labute approximate surface area is 247 Å². The fourth-order valence-electron chi connectivity index (χ4n) is 3.94. The van der Waals surface area contributed by atoms with Crippen LogP contribution in [-0.2, 0) is 26.2 Å².